The van der Waals surface area contributed by atoms with Gasteiger partial charge >= 0.3 is 0 Å². The first kappa shape index (κ1) is 41.9. The molecule has 2 aliphatic heterocycles. The number of hydrogen-bond donors (Lipinski definition) is 4. The van der Waals surface area contributed by atoms with Crippen molar-refractivity contribution in [3.05, 3.63) is 133 Å². The number of nitrogens with one attached hydrogen (secondary N) is 4. The van der Waals surface area contributed by atoms with E-state index in [0.29, 0.717) is 30.0 Å². The van der Waals surface area contributed by atoms with Crippen molar-refractivity contribution in [1.29, 1.82) is 5.41 Å². The molecule has 1 saturated carbocycles. The number of carbonyl (C=O) groups excluding carboxylic acids is 1. The molecule has 322 valence electrons. The Morgan fingerprint density at radius 3 is 2.61 bits per heavy atom. The summed E-state index contributed by atoms with van der Waals surface area (Å²) in [5.74, 6) is -0.0690. The molecule has 2 aromatic carbocycles. The topological polar surface area (TPSA) is 185 Å². The zero-order valence-electron chi connectivity index (χ0n) is 34.3. The average molecular weight is 877 g/mol. The van der Waals surface area contributed by atoms with Crippen LogP contribution in [0.15, 0.2) is 107 Å². The predicted molar refractivity (Wildman–Crippen MR) is 241 cm³/mol. The number of aromatic amines is 1. The average Bonchev–Trinajstić information content (AvgIpc) is 3.74. The van der Waals surface area contributed by atoms with Crippen LogP contribution in [-0.4, -0.2) is 87.9 Å². The number of allylic oxidation sites excluding steroid dienone is 4. The number of halogens is 1. The van der Waals surface area contributed by atoms with Gasteiger partial charge in [-0.1, -0.05) is 35.7 Å². The van der Waals surface area contributed by atoms with E-state index in [4.69, 9.17) is 26.5 Å². The summed E-state index contributed by atoms with van der Waals surface area (Å²) in [6.45, 7) is 5.35. The standard InChI is InChI=1S/C46H49ClN8O6S/c47-33-4-2-30(3-5-33)39-26-46(12-1-13-46)14-8-32(39)29-53-16-18-54(19-17-53)35-6-7-38(43(23-35)61-36-22-31-9-15-49-44(31)51-27-36)45(56)52-62(59)37-24-41(48)40(42(25-37)55(57)58)28-50-34-10-20-60-21-11-34/h2-7,9,15,22-25,27-28,34,48,50H,1,8,10-14,16-21,26,29H2,(H,49,51)(H,52,56)/b40-28+,48-41?. The lowest BCUT2D eigenvalue weighted by atomic mass is 9.59. The molecule has 4 N–H and O–H groups in total. The van der Waals surface area contributed by atoms with Crippen LogP contribution in [0.1, 0.15) is 67.3 Å². The molecule has 3 aliphatic carbocycles. The Morgan fingerprint density at radius 1 is 1.08 bits per heavy atom. The third-order valence-corrected chi connectivity index (χ3v) is 14.2. The Balaban J connectivity index is 0.915. The molecule has 1 amide bonds. The lowest BCUT2D eigenvalue weighted by molar-refractivity contribution is -0.420. The van der Waals surface area contributed by atoms with E-state index in [-0.39, 0.29) is 33.5 Å². The van der Waals surface area contributed by atoms with Crippen molar-refractivity contribution in [3.63, 3.8) is 0 Å². The van der Waals surface area contributed by atoms with Gasteiger partial charge in [0.15, 0.2) is 4.91 Å². The monoisotopic (exact) mass is 876 g/mol. The Morgan fingerprint density at radius 2 is 1.87 bits per heavy atom. The van der Waals surface area contributed by atoms with E-state index in [1.54, 1.807) is 18.5 Å². The summed E-state index contributed by atoms with van der Waals surface area (Å²) in [6, 6.07) is 17.4. The number of benzene rings is 2. The van der Waals surface area contributed by atoms with Gasteiger partial charge in [-0.05, 0) is 97.9 Å². The normalized spacial score (nSPS) is 20.8. The van der Waals surface area contributed by atoms with Crippen LogP contribution >= 0.6 is 11.6 Å². The zero-order valence-corrected chi connectivity index (χ0v) is 35.9. The fraction of sp³-hybridized carbons (Fsp3) is 0.370. The van der Waals surface area contributed by atoms with Crippen molar-refractivity contribution in [3.8, 4) is 11.5 Å². The molecule has 14 nitrogen and oxygen atoms in total. The largest absolute Gasteiger partial charge is 0.588 e. The van der Waals surface area contributed by atoms with E-state index in [2.05, 4.69) is 41.9 Å². The van der Waals surface area contributed by atoms with Crippen LogP contribution in [0.25, 0.3) is 16.6 Å². The Labute approximate surface area is 368 Å². The molecular formula is C46H49ClN8O6S. The van der Waals surface area contributed by atoms with Gasteiger partial charge in [0, 0.05) is 92.6 Å². The van der Waals surface area contributed by atoms with Crippen molar-refractivity contribution in [2.75, 3.05) is 50.8 Å². The second-order valence-electron chi connectivity index (χ2n) is 16.8. The highest BCUT2D eigenvalue weighted by Gasteiger charge is 2.41. The van der Waals surface area contributed by atoms with Gasteiger partial charge in [0.25, 0.3) is 11.6 Å². The van der Waals surface area contributed by atoms with Crippen molar-refractivity contribution in [2.45, 2.75) is 57.4 Å². The fourth-order valence-corrected chi connectivity index (χ4v) is 10.2. The number of ether oxygens (including phenoxy) is 2. The molecule has 1 spiro atoms. The van der Waals surface area contributed by atoms with Crippen LogP contribution < -0.4 is 19.7 Å². The van der Waals surface area contributed by atoms with Gasteiger partial charge in [-0.3, -0.25) is 25.2 Å². The highest BCUT2D eigenvalue weighted by molar-refractivity contribution is 7.94. The summed E-state index contributed by atoms with van der Waals surface area (Å²) in [4.78, 5) is 37.7. The highest BCUT2D eigenvalue weighted by Crippen LogP contribution is 2.55. The maximum Gasteiger partial charge on any atom is 0.296 e. The third kappa shape index (κ3) is 9.18. The SMILES string of the molecule is N=C1C=C([S+]([O-])NC(=O)c2ccc(N3CCN(CC4=C(c5ccc(Cl)cc5)CC5(CCC5)CC4)CC3)cc2Oc2cnc3[nH]ccc3c2)C=C([N+](=O)[O-])/C1=C/NC1CCOCC1. The van der Waals surface area contributed by atoms with Crippen LogP contribution in [0.3, 0.4) is 0 Å². The number of pyridine rings is 1. The molecule has 0 bridgehead atoms. The molecular weight excluding hydrogens is 828 g/mol. The summed E-state index contributed by atoms with van der Waals surface area (Å²) in [7, 11) is 0. The van der Waals surface area contributed by atoms with Gasteiger partial charge in [-0.15, -0.1) is 0 Å². The Kier molecular flexibility index (Phi) is 12.2. The van der Waals surface area contributed by atoms with Crippen LogP contribution in [0, 0.1) is 20.9 Å². The van der Waals surface area contributed by atoms with Crippen molar-refractivity contribution in [1.82, 2.24) is 24.9 Å². The first-order valence-electron chi connectivity index (χ1n) is 21.2. The minimum Gasteiger partial charge on any atom is -0.588 e. The number of anilines is 1. The molecule has 1 unspecified atom stereocenters. The molecule has 9 rings (SSSR count). The summed E-state index contributed by atoms with van der Waals surface area (Å²) in [5.41, 5.74) is 5.91. The number of hydrogen-bond acceptors (Lipinski definition) is 11. The van der Waals surface area contributed by atoms with Crippen LogP contribution in [-0.2, 0) is 16.1 Å². The quantitative estimate of drug-likeness (QED) is 0.0617. The summed E-state index contributed by atoms with van der Waals surface area (Å²) in [5, 5.41) is 25.5. The van der Waals surface area contributed by atoms with Gasteiger partial charge in [0.1, 0.15) is 28.5 Å². The Hall–Kier alpha value is -5.45. The van der Waals surface area contributed by atoms with Gasteiger partial charge in [-0.2, -0.15) is 4.72 Å². The molecule has 5 aliphatic rings. The third-order valence-electron chi connectivity index (χ3n) is 12.9. The van der Waals surface area contributed by atoms with Gasteiger partial charge in [0.05, 0.1) is 34.0 Å². The minimum absolute atomic E-state index is 0.0579. The van der Waals surface area contributed by atoms with E-state index in [0.717, 1.165) is 80.6 Å². The Bertz CT molecular complexity index is 2500. The van der Waals surface area contributed by atoms with Gasteiger partial charge < -0.3 is 29.2 Å². The summed E-state index contributed by atoms with van der Waals surface area (Å²) in [6.07, 6.45) is 16.2. The second kappa shape index (κ2) is 18.1. The number of amides is 1. The number of rotatable bonds is 12. The number of piperazine rings is 1. The van der Waals surface area contributed by atoms with E-state index in [9.17, 15) is 19.5 Å². The number of aromatic nitrogens is 2. The van der Waals surface area contributed by atoms with Crippen molar-refractivity contribution >= 4 is 56.9 Å². The highest BCUT2D eigenvalue weighted by atomic mass is 35.5. The summed E-state index contributed by atoms with van der Waals surface area (Å²) >= 11 is 4.04. The molecule has 2 saturated heterocycles. The number of H-pyrrole nitrogens is 1. The first-order valence-corrected chi connectivity index (χ1v) is 22.8. The smallest absolute Gasteiger partial charge is 0.296 e. The van der Waals surface area contributed by atoms with Crippen LogP contribution in [0.4, 0.5) is 5.69 Å². The van der Waals surface area contributed by atoms with E-state index < -0.39 is 27.9 Å². The number of nitrogens with zero attached hydrogens (tertiary/aromatic N) is 4. The number of fused-ring (bicyclic) bond motifs is 1. The van der Waals surface area contributed by atoms with Crippen LogP contribution in [0.5, 0.6) is 11.5 Å². The van der Waals surface area contributed by atoms with Crippen molar-refractivity contribution in [2.24, 2.45) is 5.41 Å². The number of nitro groups is 1. The lowest BCUT2D eigenvalue weighted by Gasteiger charge is -2.47. The second-order valence-corrected chi connectivity index (χ2v) is 18.5. The van der Waals surface area contributed by atoms with E-state index in [1.165, 1.54) is 54.7 Å². The van der Waals surface area contributed by atoms with E-state index in [1.807, 2.05) is 36.4 Å². The molecule has 16 heteroatoms. The van der Waals surface area contributed by atoms with Gasteiger partial charge in [-0.25, -0.2) is 4.98 Å². The minimum atomic E-state index is -2.24. The first-order chi connectivity index (χ1) is 30.1. The van der Waals surface area contributed by atoms with Crippen LogP contribution in [0.2, 0.25) is 5.02 Å². The molecule has 2 aromatic heterocycles. The molecule has 3 fully saturated rings. The maximum absolute atomic E-state index is 13.9. The molecule has 1 atom stereocenters. The van der Waals surface area contributed by atoms with E-state index >= 15 is 0 Å². The zero-order chi connectivity index (χ0) is 42.8. The molecule has 4 heterocycles. The lowest BCUT2D eigenvalue weighted by Crippen LogP contribution is -2.47. The molecule has 4 aromatic rings. The molecule has 0 radical (unpaired) electrons. The fourth-order valence-electron chi connectivity index (χ4n) is 9.19. The predicted octanol–water partition coefficient (Wildman–Crippen LogP) is 8.06. The number of carbonyl (C=O) groups is 1. The van der Waals surface area contributed by atoms with Gasteiger partial charge in [0.2, 0.25) is 0 Å². The maximum atomic E-state index is 13.9. The molecule has 62 heavy (non-hydrogen) atoms. The summed E-state index contributed by atoms with van der Waals surface area (Å²) < 4.78 is 27.9. The van der Waals surface area contributed by atoms with Crippen molar-refractivity contribution < 1.29 is 23.7 Å².